The van der Waals surface area contributed by atoms with Crippen LogP contribution >= 0.6 is 0 Å². The van der Waals surface area contributed by atoms with E-state index < -0.39 is 6.04 Å². The second kappa shape index (κ2) is 8.60. The Morgan fingerprint density at radius 3 is 2.33 bits per heavy atom. The van der Waals surface area contributed by atoms with Gasteiger partial charge in [-0.15, -0.1) is 0 Å². The number of amides is 1. The van der Waals surface area contributed by atoms with Gasteiger partial charge in [-0.1, -0.05) is 66.7 Å². The van der Waals surface area contributed by atoms with Gasteiger partial charge in [0.1, 0.15) is 5.82 Å². The van der Waals surface area contributed by atoms with Crippen LogP contribution in [0.1, 0.15) is 12.5 Å². The van der Waals surface area contributed by atoms with Gasteiger partial charge in [0, 0.05) is 23.4 Å². The summed E-state index contributed by atoms with van der Waals surface area (Å²) < 4.78 is 13.9. The summed E-state index contributed by atoms with van der Waals surface area (Å²) in [6, 6.07) is 23.9. The molecule has 0 spiro atoms. The SMILES string of the molecule is C[C@@H](C(=O)Nc1ccccc1-c1ccccc1)N(C)Cc1ccccc1F. The summed E-state index contributed by atoms with van der Waals surface area (Å²) in [5.74, 6) is -0.386. The Morgan fingerprint density at radius 2 is 1.59 bits per heavy atom. The summed E-state index contributed by atoms with van der Waals surface area (Å²) in [5, 5.41) is 3.02. The molecule has 0 aliphatic rings. The molecule has 0 saturated heterocycles. The quantitative estimate of drug-likeness (QED) is 0.673. The van der Waals surface area contributed by atoms with Gasteiger partial charge in [-0.05, 0) is 31.7 Å². The first-order valence-corrected chi connectivity index (χ1v) is 8.95. The molecule has 138 valence electrons. The van der Waals surface area contributed by atoms with Crippen molar-refractivity contribution in [3.63, 3.8) is 0 Å². The monoisotopic (exact) mass is 362 g/mol. The van der Waals surface area contributed by atoms with E-state index in [1.165, 1.54) is 6.07 Å². The van der Waals surface area contributed by atoms with Gasteiger partial charge in [-0.3, -0.25) is 9.69 Å². The largest absolute Gasteiger partial charge is 0.324 e. The minimum Gasteiger partial charge on any atom is -0.324 e. The number of nitrogens with one attached hydrogen (secondary N) is 1. The van der Waals surface area contributed by atoms with Crippen LogP contribution in [-0.2, 0) is 11.3 Å². The van der Waals surface area contributed by atoms with E-state index in [2.05, 4.69) is 5.32 Å². The molecule has 3 nitrogen and oxygen atoms in total. The molecule has 3 rings (SSSR count). The van der Waals surface area contributed by atoms with E-state index in [1.54, 1.807) is 18.2 Å². The molecule has 3 aromatic rings. The molecule has 27 heavy (non-hydrogen) atoms. The van der Waals surface area contributed by atoms with Crippen LogP contribution in [0.3, 0.4) is 0 Å². The lowest BCUT2D eigenvalue weighted by molar-refractivity contribution is -0.120. The van der Waals surface area contributed by atoms with Crippen LogP contribution in [0.25, 0.3) is 11.1 Å². The average molecular weight is 362 g/mol. The molecule has 0 bridgehead atoms. The number of carbonyl (C=O) groups excluding carboxylic acids is 1. The smallest absolute Gasteiger partial charge is 0.241 e. The molecular formula is C23H23FN2O. The molecule has 1 amide bonds. The third kappa shape index (κ3) is 4.60. The standard InChI is InChI=1S/C23H23FN2O/c1-17(26(2)16-19-12-6-8-14-21(19)24)23(27)25-22-15-9-7-13-20(22)18-10-4-3-5-11-18/h3-15,17H,16H2,1-2H3,(H,25,27)/t17-/m0/s1. The zero-order valence-corrected chi connectivity index (χ0v) is 15.5. The molecule has 0 heterocycles. The van der Waals surface area contributed by atoms with Crippen LogP contribution in [0.2, 0.25) is 0 Å². The highest BCUT2D eigenvalue weighted by Crippen LogP contribution is 2.27. The van der Waals surface area contributed by atoms with E-state index >= 15 is 0 Å². The van der Waals surface area contributed by atoms with Gasteiger partial charge in [-0.25, -0.2) is 4.39 Å². The molecule has 0 radical (unpaired) electrons. The van der Waals surface area contributed by atoms with Crippen molar-refractivity contribution in [2.45, 2.75) is 19.5 Å². The van der Waals surface area contributed by atoms with Crippen LogP contribution in [-0.4, -0.2) is 23.9 Å². The highest BCUT2D eigenvalue weighted by molar-refractivity contribution is 5.98. The lowest BCUT2D eigenvalue weighted by Gasteiger charge is -2.24. The fourth-order valence-corrected chi connectivity index (χ4v) is 2.93. The second-order valence-corrected chi connectivity index (χ2v) is 6.58. The molecule has 0 aromatic heterocycles. The molecule has 0 saturated carbocycles. The number of likely N-dealkylation sites (N-methyl/N-ethyl adjacent to an activating group) is 1. The van der Waals surface area contributed by atoms with Gasteiger partial charge in [0.25, 0.3) is 0 Å². The van der Waals surface area contributed by atoms with Crippen LogP contribution < -0.4 is 5.32 Å². The molecule has 1 atom stereocenters. The molecule has 0 aliphatic heterocycles. The van der Waals surface area contributed by atoms with Gasteiger partial charge < -0.3 is 5.32 Å². The van der Waals surface area contributed by atoms with Crippen LogP contribution in [0.5, 0.6) is 0 Å². The predicted molar refractivity (Wildman–Crippen MR) is 108 cm³/mol. The van der Waals surface area contributed by atoms with Crippen molar-refractivity contribution < 1.29 is 9.18 Å². The van der Waals surface area contributed by atoms with E-state index in [4.69, 9.17) is 0 Å². The van der Waals surface area contributed by atoms with Crippen molar-refractivity contribution in [2.75, 3.05) is 12.4 Å². The average Bonchev–Trinajstić information content (AvgIpc) is 2.70. The molecule has 1 N–H and O–H groups in total. The van der Waals surface area contributed by atoms with Crippen molar-refractivity contribution >= 4 is 11.6 Å². The van der Waals surface area contributed by atoms with E-state index in [9.17, 15) is 9.18 Å². The number of halogens is 1. The summed E-state index contributed by atoms with van der Waals surface area (Å²) in [7, 11) is 1.82. The topological polar surface area (TPSA) is 32.3 Å². The Hall–Kier alpha value is -2.98. The molecule has 0 fully saturated rings. The van der Waals surface area contributed by atoms with Crippen molar-refractivity contribution in [1.29, 1.82) is 0 Å². The number of nitrogens with zero attached hydrogens (tertiary/aromatic N) is 1. The normalized spacial score (nSPS) is 12.0. The maximum absolute atomic E-state index is 13.9. The molecular weight excluding hydrogens is 339 g/mol. The first-order chi connectivity index (χ1) is 13.1. The fourth-order valence-electron chi connectivity index (χ4n) is 2.93. The molecule has 0 unspecified atom stereocenters. The Bertz CT molecular complexity index is 911. The Morgan fingerprint density at radius 1 is 0.963 bits per heavy atom. The zero-order chi connectivity index (χ0) is 19.2. The molecule has 3 aromatic carbocycles. The number of carbonyl (C=O) groups is 1. The van der Waals surface area contributed by atoms with E-state index in [0.29, 0.717) is 12.1 Å². The van der Waals surface area contributed by atoms with Crippen LogP contribution in [0, 0.1) is 5.82 Å². The number of para-hydroxylation sites is 1. The predicted octanol–water partition coefficient (Wildman–Crippen LogP) is 4.95. The Balaban J connectivity index is 1.73. The van der Waals surface area contributed by atoms with E-state index in [-0.39, 0.29) is 11.7 Å². The van der Waals surface area contributed by atoms with Crippen molar-refractivity contribution in [3.05, 3.63) is 90.2 Å². The van der Waals surface area contributed by atoms with Gasteiger partial charge >= 0.3 is 0 Å². The van der Waals surface area contributed by atoms with Gasteiger partial charge in [0.15, 0.2) is 0 Å². The lowest BCUT2D eigenvalue weighted by Crippen LogP contribution is -2.39. The third-order valence-corrected chi connectivity index (χ3v) is 4.69. The van der Waals surface area contributed by atoms with Crippen LogP contribution in [0.4, 0.5) is 10.1 Å². The van der Waals surface area contributed by atoms with Gasteiger partial charge in [0.2, 0.25) is 5.91 Å². The first kappa shape index (κ1) is 18.8. The lowest BCUT2D eigenvalue weighted by atomic mass is 10.0. The van der Waals surface area contributed by atoms with Crippen LogP contribution in [0.15, 0.2) is 78.9 Å². The number of hydrogen-bond acceptors (Lipinski definition) is 2. The van der Waals surface area contributed by atoms with Crippen molar-refractivity contribution in [2.24, 2.45) is 0 Å². The Kier molecular flexibility index (Phi) is 5.99. The summed E-state index contributed by atoms with van der Waals surface area (Å²) in [6.45, 7) is 2.18. The highest BCUT2D eigenvalue weighted by Gasteiger charge is 2.20. The summed E-state index contributed by atoms with van der Waals surface area (Å²) in [6.07, 6.45) is 0. The van der Waals surface area contributed by atoms with Crippen molar-refractivity contribution in [3.8, 4) is 11.1 Å². The highest BCUT2D eigenvalue weighted by atomic mass is 19.1. The minimum atomic E-state index is -0.409. The van der Waals surface area contributed by atoms with Crippen molar-refractivity contribution in [1.82, 2.24) is 4.90 Å². The maximum Gasteiger partial charge on any atom is 0.241 e. The summed E-state index contributed by atoms with van der Waals surface area (Å²) >= 11 is 0. The fraction of sp³-hybridized carbons (Fsp3) is 0.174. The van der Waals surface area contributed by atoms with Gasteiger partial charge in [0.05, 0.1) is 6.04 Å². The maximum atomic E-state index is 13.9. The summed E-state index contributed by atoms with van der Waals surface area (Å²) in [5.41, 5.74) is 3.35. The first-order valence-electron chi connectivity index (χ1n) is 8.95. The second-order valence-electron chi connectivity index (χ2n) is 6.58. The van der Waals surface area contributed by atoms with Gasteiger partial charge in [-0.2, -0.15) is 0 Å². The number of benzene rings is 3. The number of rotatable bonds is 6. The Labute approximate surface area is 159 Å². The molecule has 0 aliphatic carbocycles. The zero-order valence-electron chi connectivity index (χ0n) is 15.5. The third-order valence-electron chi connectivity index (χ3n) is 4.69. The number of hydrogen-bond donors (Lipinski definition) is 1. The minimum absolute atomic E-state index is 0.128. The molecule has 4 heteroatoms. The summed E-state index contributed by atoms with van der Waals surface area (Å²) in [4.78, 5) is 14.6. The van der Waals surface area contributed by atoms with E-state index in [0.717, 1.165) is 16.8 Å². The number of anilines is 1. The van der Waals surface area contributed by atoms with E-state index in [1.807, 2.05) is 73.5 Å².